The molecule has 0 aliphatic carbocycles. The van der Waals surface area contributed by atoms with Gasteiger partial charge < -0.3 is 14.6 Å². The fourth-order valence-corrected chi connectivity index (χ4v) is 4.85. The lowest BCUT2D eigenvalue weighted by Gasteiger charge is -2.35. The smallest absolute Gasteiger partial charge is 0.416 e. The fraction of sp³-hybridized carbons (Fsp3) is 0.414. The molecular formula is C29H32ClF4N3O2. The third kappa shape index (κ3) is 7.99. The molecule has 4 rings (SSSR count). The average Bonchev–Trinajstić information content (AvgIpc) is 3.33. The predicted molar refractivity (Wildman–Crippen MR) is 143 cm³/mol. The first kappa shape index (κ1) is 29.0. The van der Waals surface area contributed by atoms with Crippen molar-refractivity contribution in [2.75, 3.05) is 13.1 Å². The number of carbonyl (C=O) groups excluding carboxylic acids is 1. The van der Waals surface area contributed by atoms with E-state index in [0.717, 1.165) is 17.7 Å². The minimum absolute atomic E-state index is 0.153. The summed E-state index contributed by atoms with van der Waals surface area (Å²) >= 11 is 6.04. The standard InChI is InChI=1S/C29H32ClF4N3O2/c1-19(2)14-27(39-24-5-3-4-22(30)15-24)28(38)35-26-11-12-36(18-25(26)31)16-20-10-13-37(17-20)23-8-6-21(7-9-23)29(32,33)34/h3-10,13,15,17,19,25-27H,11-12,14,16,18H2,1-2H3,(H,35,38)/t25-,26-,27?/m1/s1. The Morgan fingerprint density at radius 1 is 1.15 bits per heavy atom. The molecule has 1 amide bonds. The van der Waals surface area contributed by atoms with Gasteiger partial charge in [0, 0.05) is 42.7 Å². The van der Waals surface area contributed by atoms with Gasteiger partial charge in [0.15, 0.2) is 6.10 Å². The first-order valence-electron chi connectivity index (χ1n) is 12.9. The Labute approximate surface area is 230 Å². The molecule has 39 heavy (non-hydrogen) atoms. The number of halogens is 5. The largest absolute Gasteiger partial charge is 0.481 e. The molecule has 0 saturated carbocycles. The van der Waals surface area contributed by atoms with E-state index in [2.05, 4.69) is 5.32 Å². The minimum atomic E-state index is -4.38. The third-order valence-electron chi connectivity index (χ3n) is 6.66. The Morgan fingerprint density at radius 2 is 1.90 bits per heavy atom. The van der Waals surface area contributed by atoms with Crippen LogP contribution in [0.25, 0.3) is 5.69 Å². The number of piperidine rings is 1. The zero-order valence-corrected chi connectivity index (χ0v) is 22.6. The molecule has 1 saturated heterocycles. The molecule has 1 aromatic heterocycles. The number of hydrogen-bond acceptors (Lipinski definition) is 3. The molecule has 3 atom stereocenters. The lowest BCUT2D eigenvalue weighted by Crippen LogP contribution is -2.54. The van der Waals surface area contributed by atoms with Gasteiger partial charge in [-0.3, -0.25) is 9.69 Å². The number of carbonyl (C=O) groups is 1. The number of ether oxygens (including phenoxy) is 1. The number of rotatable bonds is 9. The maximum absolute atomic E-state index is 15.2. The monoisotopic (exact) mass is 565 g/mol. The van der Waals surface area contributed by atoms with E-state index < -0.39 is 30.1 Å². The molecule has 1 aliphatic rings. The normalized spacial score (nSPS) is 19.2. The summed E-state index contributed by atoms with van der Waals surface area (Å²) in [6, 6.07) is 13.0. The Bertz CT molecular complexity index is 1250. The summed E-state index contributed by atoms with van der Waals surface area (Å²) in [6.45, 7) is 5.20. The quantitative estimate of drug-likeness (QED) is 0.295. The van der Waals surface area contributed by atoms with E-state index in [4.69, 9.17) is 16.3 Å². The minimum Gasteiger partial charge on any atom is -0.481 e. The van der Waals surface area contributed by atoms with Crippen LogP contribution in [0.4, 0.5) is 17.6 Å². The van der Waals surface area contributed by atoms with Crippen molar-refractivity contribution in [2.24, 2.45) is 5.92 Å². The highest BCUT2D eigenvalue weighted by Gasteiger charge is 2.33. The first-order valence-corrected chi connectivity index (χ1v) is 13.3. The van der Waals surface area contributed by atoms with E-state index in [1.807, 2.05) is 31.0 Å². The number of nitrogens with one attached hydrogen (secondary N) is 1. The van der Waals surface area contributed by atoms with E-state index in [1.165, 1.54) is 12.1 Å². The maximum Gasteiger partial charge on any atom is 0.416 e. The third-order valence-corrected chi connectivity index (χ3v) is 6.89. The lowest BCUT2D eigenvalue weighted by atomic mass is 10.0. The molecule has 0 bridgehead atoms. The van der Waals surface area contributed by atoms with Gasteiger partial charge in [0.1, 0.15) is 11.9 Å². The van der Waals surface area contributed by atoms with Gasteiger partial charge >= 0.3 is 6.18 Å². The molecule has 3 aromatic rings. The van der Waals surface area contributed by atoms with Crippen molar-refractivity contribution in [3.63, 3.8) is 0 Å². The molecule has 0 radical (unpaired) electrons. The Hall–Kier alpha value is -3.04. The van der Waals surface area contributed by atoms with Crippen LogP contribution < -0.4 is 10.1 Å². The molecule has 1 aliphatic heterocycles. The zero-order valence-electron chi connectivity index (χ0n) is 21.8. The highest BCUT2D eigenvalue weighted by Crippen LogP contribution is 2.30. The van der Waals surface area contributed by atoms with Crippen molar-refractivity contribution in [1.29, 1.82) is 0 Å². The van der Waals surface area contributed by atoms with Crippen LogP contribution in [0.5, 0.6) is 5.75 Å². The van der Waals surface area contributed by atoms with Crippen molar-refractivity contribution >= 4 is 17.5 Å². The van der Waals surface area contributed by atoms with Gasteiger partial charge in [-0.15, -0.1) is 0 Å². The number of benzene rings is 2. The summed E-state index contributed by atoms with van der Waals surface area (Å²) in [5, 5.41) is 3.35. The molecule has 0 spiro atoms. The van der Waals surface area contributed by atoms with Crippen molar-refractivity contribution in [3.8, 4) is 11.4 Å². The van der Waals surface area contributed by atoms with Gasteiger partial charge in [0.05, 0.1) is 11.6 Å². The van der Waals surface area contributed by atoms with Crippen LogP contribution in [-0.4, -0.2) is 46.8 Å². The molecule has 1 N–H and O–H groups in total. The summed E-state index contributed by atoms with van der Waals surface area (Å²) in [6.07, 6.45) is -1.89. The van der Waals surface area contributed by atoms with Crippen LogP contribution in [0.3, 0.4) is 0 Å². The van der Waals surface area contributed by atoms with Crippen molar-refractivity contribution < 1.29 is 27.1 Å². The Morgan fingerprint density at radius 3 is 2.54 bits per heavy atom. The summed E-state index contributed by atoms with van der Waals surface area (Å²) in [7, 11) is 0. The number of aromatic nitrogens is 1. The van der Waals surface area contributed by atoms with E-state index in [1.54, 1.807) is 35.0 Å². The highest BCUT2D eigenvalue weighted by molar-refractivity contribution is 6.30. The van der Waals surface area contributed by atoms with Gasteiger partial charge in [0.25, 0.3) is 5.91 Å². The highest BCUT2D eigenvalue weighted by atomic mass is 35.5. The van der Waals surface area contributed by atoms with Gasteiger partial charge in [-0.25, -0.2) is 4.39 Å². The molecule has 10 heteroatoms. The number of amides is 1. The van der Waals surface area contributed by atoms with E-state index in [-0.39, 0.29) is 18.4 Å². The lowest BCUT2D eigenvalue weighted by molar-refractivity contribution is -0.137. The van der Waals surface area contributed by atoms with Crippen LogP contribution in [-0.2, 0) is 17.5 Å². The van der Waals surface area contributed by atoms with Crippen molar-refractivity contribution in [1.82, 2.24) is 14.8 Å². The molecule has 5 nitrogen and oxygen atoms in total. The maximum atomic E-state index is 15.2. The van der Waals surface area contributed by atoms with Crippen LogP contribution in [0, 0.1) is 5.92 Å². The summed E-state index contributed by atoms with van der Waals surface area (Å²) in [4.78, 5) is 15.0. The van der Waals surface area contributed by atoms with Crippen LogP contribution in [0.15, 0.2) is 67.0 Å². The van der Waals surface area contributed by atoms with Gasteiger partial charge in [-0.05, 0) is 72.9 Å². The van der Waals surface area contributed by atoms with E-state index in [9.17, 15) is 18.0 Å². The van der Waals surface area contributed by atoms with Gasteiger partial charge in [-0.1, -0.05) is 31.5 Å². The van der Waals surface area contributed by atoms with Crippen LogP contribution in [0.1, 0.15) is 37.8 Å². The second kappa shape index (κ2) is 12.4. The van der Waals surface area contributed by atoms with E-state index in [0.29, 0.717) is 42.4 Å². The van der Waals surface area contributed by atoms with Crippen molar-refractivity contribution in [2.45, 2.75) is 57.7 Å². The summed E-state index contributed by atoms with van der Waals surface area (Å²) in [5.74, 6) is 0.328. The molecule has 1 unspecified atom stereocenters. The summed E-state index contributed by atoms with van der Waals surface area (Å²) < 4.78 is 61.3. The molecular weight excluding hydrogens is 534 g/mol. The second-order valence-corrected chi connectivity index (χ2v) is 10.8. The average molecular weight is 566 g/mol. The predicted octanol–water partition coefficient (Wildman–Crippen LogP) is 6.67. The number of alkyl halides is 4. The van der Waals surface area contributed by atoms with E-state index >= 15 is 4.39 Å². The van der Waals surface area contributed by atoms with Crippen molar-refractivity contribution in [3.05, 3.63) is 83.1 Å². The topological polar surface area (TPSA) is 46.5 Å². The molecule has 210 valence electrons. The zero-order chi connectivity index (χ0) is 28.2. The molecule has 2 heterocycles. The fourth-order valence-electron chi connectivity index (χ4n) is 4.67. The number of nitrogens with zero attached hydrogens (tertiary/aromatic N) is 2. The molecule has 1 fully saturated rings. The SMILES string of the molecule is CC(C)CC(Oc1cccc(Cl)c1)C(=O)N[C@@H]1CCN(Cc2ccn(-c3ccc(C(F)(F)F)cc3)c2)C[C@H]1F. The number of hydrogen-bond donors (Lipinski definition) is 1. The van der Waals surface area contributed by atoms with Crippen LogP contribution >= 0.6 is 11.6 Å². The molecule has 2 aromatic carbocycles. The van der Waals surface area contributed by atoms with Gasteiger partial charge in [0.2, 0.25) is 0 Å². The Kier molecular flexibility index (Phi) is 9.23. The first-order chi connectivity index (χ1) is 18.5. The van der Waals surface area contributed by atoms with Gasteiger partial charge in [-0.2, -0.15) is 13.2 Å². The second-order valence-electron chi connectivity index (χ2n) is 10.3. The number of likely N-dealkylation sites (tertiary alicyclic amines) is 1. The van der Waals surface area contributed by atoms with Crippen LogP contribution in [0.2, 0.25) is 5.02 Å². The Balaban J connectivity index is 1.31. The summed E-state index contributed by atoms with van der Waals surface area (Å²) in [5.41, 5.74) is 0.820.